The van der Waals surface area contributed by atoms with Crippen LogP contribution < -0.4 is 19.7 Å². The Morgan fingerprint density at radius 2 is 1.90 bits per heavy atom. The Bertz CT molecular complexity index is 1480. The van der Waals surface area contributed by atoms with E-state index in [0.717, 1.165) is 0 Å². The minimum Gasteiger partial charge on any atom is -0.489 e. The van der Waals surface area contributed by atoms with Gasteiger partial charge < -0.3 is 29.5 Å². The topological polar surface area (TPSA) is 83.1 Å². The fraction of sp³-hybridized carbons (Fsp3) is 0.370. The third-order valence-corrected chi connectivity index (χ3v) is 7.64. The fourth-order valence-electron chi connectivity index (χ4n) is 4.77. The molecule has 0 radical (unpaired) electrons. The summed E-state index contributed by atoms with van der Waals surface area (Å²) >= 11 is 19.5. The zero-order valence-electron chi connectivity index (χ0n) is 22.1. The molecule has 0 aliphatic carbocycles. The van der Waals surface area contributed by atoms with E-state index in [2.05, 4.69) is 11.9 Å². The Morgan fingerprint density at radius 1 is 1.15 bits per heavy atom. The second-order valence-electron chi connectivity index (χ2n) is 9.64. The number of hydrogen-bond acceptors (Lipinski definition) is 8. The average molecular weight is 610 g/mol. The number of rotatable bonds is 6. The lowest BCUT2D eigenvalue weighted by molar-refractivity contribution is -0.126. The van der Waals surface area contributed by atoms with Crippen LogP contribution in [-0.4, -0.2) is 92.3 Å². The molecule has 2 aliphatic rings. The number of hydrogen-bond donors (Lipinski definition) is 1. The highest BCUT2D eigenvalue weighted by Gasteiger charge is 2.30. The van der Waals surface area contributed by atoms with Gasteiger partial charge in [-0.3, -0.25) is 4.79 Å². The first-order valence-corrected chi connectivity index (χ1v) is 13.9. The third kappa shape index (κ3) is 5.45. The first-order valence-electron chi connectivity index (χ1n) is 12.7. The van der Waals surface area contributed by atoms with Crippen LogP contribution >= 0.6 is 34.8 Å². The lowest BCUT2D eigenvalue weighted by atomic mass is 9.98. The second-order valence-corrected chi connectivity index (χ2v) is 10.9. The summed E-state index contributed by atoms with van der Waals surface area (Å²) < 4.78 is 27.7. The Balaban J connectivity index is 1.70. The van der Waals surface area contributed by atoms with E-state index in [1.54, 1.807) is 11.0 Å². The Morgan fingerprint density at radius 3 is 2.60 bits per heavy atom. The quantitative estimate of drug-likeness (QED) is 0.310. The van der Waals surface area contributed by atoms with Crippen molar-refractivity contribution in [3.05, 3.63) is 45.7 Å². The molecule has 3 aromatic rings. The van der Waals surface area contributed by atoms with Gasteiger partial charge in [0.15, 0.2) is 11.6 Å². The summed E-state index contributed by atoms with van der Waals surface area (Å²) in [6.45, 7) is 7.19. The molecule has 13 heteroatoms. The van der Waals surface area contributed by atoms with E-state index in [1.807, 2.05) is 23.9 Å². The first-order chi connectivity index (χ1) is 19.2. The molecule has 0 spiro atoms. The van der Waals surface area contributed by atoms with E-state index in [4.69, 9.17) is 54.2 Å². The normalized spacial score (nSPS) is 15.1. The Hall–Kier alpha value is -3.05. The molecule has 3 heterocycles. The molecule has 0 atom stereocenters. The smallest absolute Gasteiger partial charge is 0.319 e. The predicted octanol–water partition coefficient (Wildman–Crippen LogP) is 4.98. The van der Waals surface area contributed by atoms with Crippen LogP contribution in [0.1, 0.15) is 0 Å². The molecule has 9 nitrogen and oxygen atoms in total. The van der Waals surface area contributed by atoms with Crippen LogP contribution in [0.5, 0.6) is 11.8 Å². The number of halogens is 4. The molecule has 40 heavy (non-hydrogen) atoms. The Kier molecular flexibility index (Phi) is 8.42. The fourth-order valence-corrected chi connectivity index (χ4v) is 5.59. The molecule has 1 amide bonds. The van der Waals surface area contributed by atoms with Crippen LogP contribution in [0.3, 0.4) is 0 Å². The molecule has 0 bridgehead atoms. The summed E-state index contributed by atoms with van der Waals surface area (Å²) in [5, 5.41) is 4.07. The van der Waals surface area contributed by atoms with E-state index in [-0.39, 0.29) is 50.5 Å². The maximum atomic E-state index is 15.6. The number of anilines is 2. The largest absolute Gasteiger partial charge is 0.489 e. The van der Waals surface area contributed by atoms with E-state index < -0.39 is 5.82 Å². The molecule has 0 saturated carbocycles. The van der Waals surface area contributed by atoms with Gasteiger partial charge in [-0.05, 0) is 32.3 Å². The van der Waals surface area contributed by atoms with Gasteiger partial charge in [0.05, 0.1) is 20.8 Å². The van der Waals surface area contributed by atoms with Crippen LogP contribution in [0, 0.1) is 5.82 Å². The number of carbonyl (C=O) groups is 1. The van der Waals surface area contributed by atoms with Crippen LogP contribution in [0.25, 0.3) is 22.0 Å². The molecular weight excluding hydrogens is 582 g/mol. The van der Waals surface area contributed by atoms with Crippen molar-refractivity contribution < 1.29 is 18.7 Å². The highest BCUT2D eigenvalue weighted by atomic mass is 35.5. The van der Waals surface area contributed by atoms with Crippen LogP contribution in [0.2, 0.25) is 15.1 Å². The van der Waals surface area contributed by atoms with E-state index >= 15 is 4.39 Å². The monoisotopic (exact) mass is 608 g/mol. The minimum atomic E-state index is -0.679. The number of benzene rings is 2. The van der Waals surface area contributed by atoms with Gasteiger partial charge >= 0.3 is 6.01 Å². The van der Waals surface area contributed by atoms with E-state index in [0.29, 0.717) is 68.3 Å². The number of amides is 1. The van der Waals surface area contributed by atoms with Gasteiger partial charge in [0.2, 0.25) is 5.91 Å². The Labute approximate surface area is 246 Å². The number of fused-ring (bicyclic) bond motifs is 5. The van der Waals surface area contributed by atoms with Gasteiger partial charge in [-0.15, -0.1) is 0 Å². The maximum Gasteiger partial charge on any atom is 0.319 e. The van der Waals surface area contributed by atoms with Crippen molar-refractivity contribution in [2.75, 3.05) is 76.8 Å². The minimum absolute atomic E-state index is 0.103. The summed E-state index contributed by atoms with van der Waals surface area (Å²) in [6.07, 6.45) is 1.31. The zero-order valence-corrected chi connectivity index (χ0v) is 24.3. The van der Waals surface area contributed by atoms with E-state index in [1.165, 1.54) is 12.1 Å². The van der Waals surface area contributed by atoms with Crippen molar-refractivity contribution in [2.24, 2.45) is 0 Å². The molecule has 1 aromatic heterocycles. The molecule has 2 aliphatic heterocycles. The van der Waals surface area contributed by atoms with Crippen molar-refractivity contribution >= 4 is 63.1 Å². The number of nitrogens with one attached hydrogen (secondary N) is 1. The number of nitrogens with zero attached hydrogens (tertiary/aromatic N) is 5. The lowest BCUT2D eigenvalue weighted by Gasteiger charge is -2.35. The summed E-state index contributed by atoms with van der Waals surface area (Å²) in [6, 6.07) is 3.20. The third-order valence-electron chi connectivity index (χ3n) is 6.76. The van der Waals surface area contributed by atoms with Crippen molar-refractivity contribution in [2.45, 2.75) is 0 Å². The highest BCUT2D eigenvalue weighted by Crippen LogP contribution is 2.50. The van der Waals surface area contributed by atoms with E-state index in [9.17, 15) is 4.79 Å². The zero-order chi connectivity index (χ0) is 28.6. The summed E-state index contributed by atoms with van der Waals surface area (Å²) in [7, 11) is 3.88. The predicted molar refractivity (Wildman–Crippen MR) is 157 cm³/mol. The molecular formula is C27H28Cl3FN6O3. The molecule has 1 saturated heterocycles. The van der Waals surface area contributed by atoms with Crippen molar-refractivity contribution in [1.29, 1.82) is 0 Å². The van der Waals surface area contributed by atoms with Gasteiger partial charge in [0.25, 0.3) is 0 Å². The number of piperazine rings is 1. The van der Waals surface area contributed by atoms with Crippen molar-refractivity contribution in [3.8, 4) is 22.9 Å². The second kappa shape index (κ2) is 11.8. The average Bonchev–Trinajstić information content (AvgIpc) is 2.91. The number of aromatic nitrogens is 2. The number of ether oxygens (including phenoxy) is 2. The molecule has 1 fully saturated rings. The molecule has 2 aromatic carbocycles. The summed E-state index contributed by atoms with van der Waals surface area (Å²) in [5.41, 5.74) is 1.17. The number of carbonyl (C=O) groups excluding carboxylic acids is 1. The van der Waals surface area contributed by atoms with Gasteiger partial charge in [-0.2, -0.15) is 9.97 Å². The van der Waals surface area contributed by atoms with Crippen molar-refractivity contribution in [1.82, 2.24) is 19.8 Å². The molecule has 0 unspecified atom stereocenters. The van der Waals surface area contributed by atoms with Gasteiger partial charge in [-0.25, -0.2) is 4.39 Å². The van der Waals surface area contributed by atoms with Crippen molar-refractivity contribution in [3.63, 3.8) is 0 Å². The highest BCUT2D eigenvalue weighted by molar-refractivity contribution is 6.39. The molecule has 212 valence electrons. The molecule has 1 N–H and O–H groups in total. The van der Waals surface area contributed by atoms with Gasteiger partial charge in [0.1, 0.15) is 24.5 Å². The van der Waals surface area contributed by atoms with Crippen LogP contribution in [0.15, 0.2) is 24.8 Å². The van der Waals surface area contributed by atoms with Crippen LogP contribution in [-0.2, 0) is 4.79 Å². The molecule has 5 rings (SSSR count). The van der Waals surface area contributed by atoms with Crippen LogP contribution in [0.4, 0.5) is 15.9 Å². The van der Waals surface area contributed by atoms with Gasteiger partial charge in [-0.1, -0.05) is 41.4 Å². The lowest BCUT2D eigenvalue weighted by Crippen LogP contribution is -2.48. The first kappa shape index (κ1) is 28.5. The summed E-state index contributed by atoms with van der Waals surface area (Å²) in [4.78, 5) is 27.4. The van der Waals surface area contributed by atoms with Gasteiger partial charge in [0, 0.05) is 55.8 Å². The maximum absolute atomic E-state index is 15.6. The number of likely N-dealkylation sites (N-methyl/N-ethyl adjacent to an activating group) is 1. The standard InChI is InChI=1S/C27H28Cl3FN6O3/c1-4-19(38)36-6-8-37(9-7-36)26-15-13-16(28)20-21-22(31)17(29)14-18(30)24(21)32-5-11-39-25(20)23(15)33-27(34-26)40-12-10-35(2)3/h4,13-14,32H,1,5-12H2,2-3H3. The summed E-state index contributed by atoms with van der Waals surface area (Å²) in [5.74, 6) is 0.0589. The SMILES string of the molecule is C=CC(=O)N1CCN(c2nc(OCCN(C)C)nc3c4c(c(Cl)cc23)-c2c(F)c(Cl)cc(Cl)c2NCCO4)CC1.